The van der Waals surface area contributed by atoms with Gasteiger partial charge in [-0.15, -0.1) is 0 Å². The van der Waals surface area contributed by atoms with E-state index in [9.17, 15) is 0 Å². The van der Waals surface area contributed by atoms with Gasteiger partial charge in [0, 0.05) is 68.0 Å². The Kier molecular flexibility index (Phi) is 7.56. The van der Waals surface area contributed by atoms with Crippen molar-refractivity contribution in [1.29, 1.82) is 0 Å². The summed E-state index contributed by atoms with van der Waals surface area (Å²) in [7, 11) is 13.2. The van der Waals surface area contributed by atoms with Gasteiger partial charge in [0.05, 0.1) is 55.4 Å². The Bertz CT molecular complexity index is 2640. The Labute approximate surface area is 312 Å². The molecular weight excluding hydrogens is 673 g/mol. The molecule has 9 rings (SSSR count). The largest absolute Gasteiger partial charge is 0.399 e. The monoisotopic (exact) mass is 716 g/mol. The van der Waals surface area contributed by atoms with Crippen molar-refractivity contribution in [3.63, 3.8) is 0 Å². The molecule has 3 aromatic heterocycles. The maximum absolute atomic E-state index is 6.36. The van der Waals surface area contributed by atoms with Gasteiger partial charge >= 0.3 is 0 Å². The number of rotatable bonds is 6. The van der Waals surface area contributed by atoms with Crippen LogP contribution in [0.25, 0.3) is 89.7 Å². The lowest BCUT2D eigenvalue weighted by atomic mass is 10.0. The summed E-state index contributed by atoms with van der Waals surface area (Å²) < 4.78 is 1.73. The minimum Gasteiger partial charge on any atom is -0.399 e. The lowest BCUT2D eigenvalue weighted by molar-refractivity contribution is -0.870. The number of quaternary nitrogens is 2. The molecule has 270 valence electrons. The van der Waals surface area contributed by atoms with E-state index in [2.05, 4.69) is 88.7 Å². The van der Waals surface area contributed by atoms with Gasteiger partial charge in [-0.2, -0.15) is 0 Å². The number of nitrogens with one attached hydrogen (secondary N) is 2. The minimum atomic E-state index is 0.553. The Hall–Kier alpha value is -6.24. The molecule has 4 aromatic carbocycles. The zero-order valence-electron chi connectivity index (χ0n) is 31.5. The molecule has 0 radical (unpaired) electrons. The van der Waals surface area contributed by atoms with Crippen molar-refractivity contribution in [2.24, 2.45) is 0 Å². The average molecular weight is 717 g/mol. The van der Waals surface area contributed by atoms with Crippen LogP contribution in [0.1, 0.15) is 11.1 Å². The van der Waals surface area contributed by atoms with Gasteiger partial charge in [-0.3, -0.25) is 0 Å². The number of nitrogens with two attached hydrogens (primary N) is 2. The van der Waals surface area contributed by atoms with Crippen LogP contribution in [0.15, 0.2) is 72.8 Å². The number of hydrogen-bond donors (Lipinski definition) is 4. The molecule has 8 bridgehead atoms. The van der Waals surface area contributed by atoms with Crippen molar-refractivity contribution < 1.29 is 8.97 Å². The van der Waals surface area contributed by atoms with Crippen LogP contribution in [0, 0.1) is 0 Å². The topological polar surface area (TPSA) is 161 Å². The molecule has 54 heavy (non-hydrogen) atoms. The molecule has 0 amide bonds. The van der Waals surface area contributed by atoms with Crippen LogP contribution < -0.4 is 11.5 Å². The van der Waals surface area contributed by atoms with Crippen molar-refractivity contribution >= 4 is 55.5 Å². The number of fused-ring (bicyclic) bond motifs is 20. The number of nitrogens with zero attached hydrogens (tertiary/aromatic N) is 8. The van der Waals surface area contributed by atoms with Crippen molar-refractivity contribution in [2.75, 3.05) is 66.8 Å². The van der Waals surface area contributed by atoms with Crippen molar-refractivity contribution in [2.45, 2.75) is 12.8 Å². The van der Waals surface area contributed by atoms with Crippen LogP contribution >= 0.6 is 0 Å². The van der Waals surface area contributed by atoms with E-state index < -0.39 is 0 Å². The van der Waals surface area contributed by atoms with E-state index in [4.69, 9.17) is 41.4 Å². The van der Waals surface area contributed by atoms with Gasteiger partial charge in [-0.25, -0.2) is 29.9 Å². The molecule has 0 aliphatic carbocycles. The summed E-state index contributed by atoms with van der Waals surface area (Å²) >= 11 is 0. The fourth-order valence-corrected chi connectivity index (χ4v) is 7.16. The zero-order valence-corrected chi connectivity index (χ0v) is 31.5. The molecule has 5 heterocycles. The molecule has 6 N–H and O–H groups in total. The molecule has 0 saturated heterocycles. The Morgan fingerprint density at radius 2 is 0.796 bits per heavy atom. The predicted octanol–water partition coefficient (Wildman–Crippen LogP) is 6.53. The van der Waals surface area contributed by atoms with Crippen LogP contribution in [0.4, 0.5) is 11.4 Å². The first-order valence-electron chi connectivity index (χ1n) is 18.2. The first-order valence-corrected chi connectivity index (χ1v) is 18.2. The smallest absolute Gasteiger partial charge is 0.164 e. The first-order chi connectivity index (χ1) is 25.7. The van der Waals surface area contributed by atoms with E-state index in [1.54, 1.807) is 0 Å². The Balaban J connectivity index is 1.37. The number of aromatic nitrogens is 8. The van der Waals surface area contributed by atoms with Gasteiger partial charge in [0.15, 0.2) is 23.3 Å². The molecule has 0 fully saturated rings. The van der Waals surface area contributed by atoms with E-state index in [0.717, 1.165) is 78.7 Å². The number of nitrogen functional groups attached to an aromatic ring is 2. The highest BCUT2D eigenvalue weighted by Crippen LogP contribution is 2.38. The van der Waals surface area contributed by atoms with Gasteiger partial charge in [0.1, 0.15) is 22.6 Å². The molecule has 0 unspecified atom stereocenters. The third kappa shape index (κ3) is 6.18. The lowest BCUT2D eigenvalue weighted by Crippen LogP contribution is -2.36. The van der Waals surface area contributed by atoms with Crippen LogP contribution in [0.3, 0.4) is 0 Å². The molecule has 0 spiro atoms. The second-order valence-electron chi connectivity index (χ2n) is 16.5. The molecule has 12 nitrogen and oxygen atoms in total. The quantitative estimate of drug-likeness (QED) is 0.112. The van der Waals surface area contributed by atoms with Crippen LogP contribution in [0.2, 0.25) is 0 Å². The maximum atomic E-state index is 6.36. The first kappa shape index (κ1) is 33.6. The second-order valence-corrected chi connectivity index (χ2v) is 16.5. The van der Waals surface area contributed by atoms with Crippen molar-refractivity contribution in [1.82, 2.24) is 39.9 Å². The van der Waals surface area contributed by atoms with Gasteiger partial charge in [-0.1, -0.05) is 24.3 Å². The fraction of sp³-hybridized carbons (Fsp3) is 0.238. The SMILES string of the molecule is C[N+](C)(C)CCc1ccc2c(c1)-c1nc-2nc2[nH]c(nc3nc(nc4[nH]c(n1)c1ccc(N)cc41)-c1ccc(CC[N+](C)(C)C)cc1-3)c1ccc(N)cc21. The molecule has 7 aromatic rings. The van der Waals surface area contributed by atoms with E-state index in [1.807, 2.05) is 36.4 Å². The molecule has 2 aliphatic heterocycles. The Morgan fingerprint density at radius 3 is 1.19 bits per heavy atom. The summed E-state index contributed by atoms with van der Waals surface area (Å²) in [6.07, 6.45) is 1.82. The molecule has 0 atom stereocenters. The third-order valence-corrected chi connectivity index (χ3v) is 10.1. The minimum absolute atomic E-state index is 0.553. The summed E-state index contributed by atoms with van der Waals surface area (Å²) in [5, 5.41) is 3.44. The van der Waals surface area contributed by atoms with Crippen molar-refractivity contribution in [3.05, 3.63) is 83.9 Å². The molecule has 12 heteroatoms. The van der Waals surface area contributed by atoms with Gasteiger partial charge in [0.2, 0.25) is 0 Å². The predicted molar refractivity (Wildman–Crippen MR) is 218 cm³/mol. The van der Waals surface area contributed by atoms with Gasteiger partial charge < -0.3 is 30.4 Å². The summed E-state index contributed by atoms with van der Waals surface area (Å²) in [4.78, 5) is 37.9. The normalized spacial score (nSPS) is 12.7. The highest BCUT2D eigenvalue weighted by Gasteiger charge is 2.24. The van der Waals surface area contributed by atoms with Gasteiger partial charge in [-0.05, 0) is 59.7 Å². The second kappa shape index (κ2) is 12.2. The average Bonchev–Trinajstić information content (AvgIpc) is 3.83. The molecular formula is C42H44N12+2. The lowest BCUT2D eigenvalue weighted by Gasteiger charge is -2.23. The molecule has 0 saturated carbocycles. The summed E-state index contributed by atoms with van der Waals surface area (Å²) in [6.45, 7) is 1.98. The number of likely N-dealkylation sites (N-methyl/N-ethyl adjacent to an activating group) is 2. The number of H-pyrrole nitrogens is 2. The highest BCUT2D eigenvalue weighted by atomic mass is 15.3. The van der Waals surface area contributed by atoms with Crippen LogP contribution in [-0.2, 0) is 12.8 Å². The van der Waals surface area contributed by atoms with E-state index in [-0.39, 0.29) is 0 Å². The number of aromatic amines is 2. The fourth-order valence-electron chi connectivity index (χ4n) is 7.16. The summed E-state index contributed by atoms with van der Waals surface area (Å²) in [5.41, 5.74) is 22.5. The van der Waals surface area contributed by atoms with E-state index in [0.29, 0.717) is 57.3 Å². The zero-order chi connectivity index (χ0) is 37.5. The van der Waals surface area contributed by atoms with Crippen LogP contribution in [0.5, 0.6) is 0 Å². The van der Waals surface area contributed by atoms with E-state index in [1.165, 1.54) is 11.1 Å². The number of benzene rings is 4. The number of hydrogen-bond acceptors (Lipinski definition) is 8. The summed E-state index contributed by atoms with van der Waals surface area (Å²) in [5.74, 6) is 2.24. The third-order valence-electron chi connectivity index (χ3n) is 10.1. The summed E-state index contributed by atoms with van der Waals surface area (Å²) in [6, 6.07) is 24.5. The standard InChI is InChI=1S/C42H44N12/c1-53(2,3)17-15-23-7-11-27-31(19-23)39-45-35(27)49-41-34-22-26(44)10-14-30(34)38(52-41)48-40-32-20-24(16-18-54(4,5)6)8-12-28(32)36(46-40)50-42-33-21-25(43)9-13-29(33)37(47-39)51-42/h7-14,19-22H,15-18,43-44H2,1-6H3,(H2,45,46,47,48,49,50,51,52)/q+2. The van der Waals surface area contributed by atoms with Gasteiger partial charge in [0.25, 0.3) is 0 Å². The highest BCUT2D eigenvalue weighted by molar-refractivity contribution is 6.07. The van der Waals surface area contributed by atoms with Crippen molar-refractivity contribution in [3.8, 4) is 45.6 Å². The molecule has 2 aliphatic rings. The number of anilines is 2. The van der Waals surface area contributed by atoms with Crippen LogP contribution in [-0.4, -0.2) is 104 Å². The van der Waals surface area contributed by atoms with E-state index >= 15 is 0 Å². The maximum Gasteiger partial charge on any atom is 0.164 e. The Morgan fingerprint density at radius 1 is 0.426 bits per heavy atom.